The molecule has 1 aromatic heterocycles. The smallest absolute Gasteiger partial charge is 0.0928 e. The molecule has 4 heteroatoms. The molecule has 0 aliphatic heterocycles. The topological polar surface area (TPSA) is 51.8 Å². The summed E-state index contributed by atoms with van der Waals surface area (Å²) in [6.45, 7) is 6.05. The maximum absolute atomic E-state index is 5.79. The number of hydrogen-bond acceptors (Lipinski definition) is 3. The molecule has 0 aliphatic rings. The van der Waals surface area contributed by atoms with E-state index in [1.807, 2.05) is 20.8 Å². The molecular formula is C8H12ClN3. The normalized spacial score (nSPS) is 11.7. The van der Waals surface area contributed by atoms with E-state index in [2.05, 4.69) is 10.2 Å². The Morgan fingerprint density at radius 1 is 1.42 bits per heavy atom. The summed E-state index contributed by atoms with van der Waals surface area (Å²) in [5.74, 6) is 0. The van der Waals surface area contributed by atoms with Crippen LogP contribution in [-0.2, 0) is 5.41 Å². The summed E-state index contributed by atoms with van der Waals surface area (Å²) in [6.07, 6.45) is 1.45. The first-order chi connectivity index (χ1) is 5.43. The SMILES string of the molecule is CC(C)(C)c1nncc(Cl)c1N. The highest BCUT2D eigenvalue weighted by Crippen LogP contribution is 2.29. The molecule has 1 heterocycles. The van der Waals surface area contributed by atoms with Crippen molar-refractivity contribution in [1.82, 2.24) is 10.2 Å². The number of rotatable bonds is 0. The van der Waals surface area contributed by atoms with E-state index in [9.17, 15) is 0 Å². The summed E-state index contributed by atoms with van der Waals surface area (Å²) in [4.78, 5) is 0. The third kappa shape index (κ3) is 1.67. The highest BCUT2D eigenvalue weighted by Gasteiger charge is 2.20. The van der Waals surface area contributed by atoms with Gasteiger partial charge in [0, 0.05) is 5.41 Å². The Morgan fingerprint density at radius 3 is 2.42 bits per heavy atom. The number of nitrogen functional groups attached to an aromatic ring is 1. The molecule has 66 valence electrons. The van der Waals surface area contributed by atoms with Crippen molar-refractivity contribution in [3.63, 3.8) is 0 Å². The minimum absolute atomic E-state index is 0.109. The van der Waals surface area contributed by atoms with E-state index in [4.69, 9.17) is 17.3 Å². The minimum Gasteiger partial charge on any atom is -0.396 e. The van der Waals surface area contributed by atoms with Crippen molar-refractivity contribution in [3.05, 3.63) is 16.9 Å². The molecule has 1 rings (SSSR count). The standard InChI is InChI=1S/C8H12ClN3/c1-8(2,3)7-6(10)5(9)4-11-12-7/h4H,1-3H3,(H2,10,11). The summed E-state index contributed by atoms with van der Waals surface area (Å²) in [6, 6.07) is 0. The van der Waals surface area contributed by atoms with Gasteiger partial charge in [0.2, 0.25) is 0 Å². The second-order valence-corrected chi connectivity index (χ2v) is 4.11. The van der Waals surface area contributed by atoms with Crippen LogP contribution < -0.4 is 5.73 Å². The van der Waals surface area contributed by atoms with E-state index in [1.54, 1.807) is 0 Å². The third-order valence-electron chi connectivity index (χ3n) is 1.55. The summed E-state index contributed by atoms with van der Waals surface area (Å²) < 4.78 is 0. The molecular weight excluding hydrogens is 174 g/mol. The highest BCUT2D eigenvalue weighted by atomic mass is 35.5. The molecule has 0 unspecified atom stereocenters. The predicted octanol–water partition coefficient (Wildman–Crippen LogP) is 2.01. The van der Waals surface area contributed by atoms with E-state index in [1.165, 1.54) is 6.20 Å². The fourth-order valence-corrected chi connectivity index (χ4v) is 1.06. The van der Waals surface area contributed by atoms with Gasteiger partial charge in [-0.2, -0.15) is 10.2 Å². The number of anilines is 1. The average molecular weight is 186 g/mol. The molecule has 3 nitrogen and oxygen atoms in total. The Hall–Kier alpha value is -0.830. The second kappa shape index (κ2) is 2.90. The molecule has 0 aromatic carbocycles. The Morgan fingerprint density at radius 2 is 2.00 bits per heavy atom. The van der Waals surface area contributed by atoms with Crippen LogP contribution in [0.3, 0.4) is 0 Å². The number of nitrogens with zero attached hydrogens (tertiary/aromatic N) is 2. The molecule has 1 aromatic rings. The van der Waals surface area contributed by atoms with Gasteiger partial charge in [-0.3, -0.25) is 0 Å². The summed E-state index contributed by atoms with van der Waals surface area (Å²) in [5.41, 5.74) is 6.90. The number of hydrogen-bond donors (Lipinski definition) is 1. The molecule has 0 saturated heterocycles. The minimum atomic E-state index is -0.109. The van der Waals surface area contributed by atoms with Gasteiger partial charge in [-0.15, -0.1) is 0 Å². The number of nitrogens with two attached hydrogens (primary N) is 1. The van der Waals surface area contributed by atoms with Crippen molar-refractivity contribution in [3.8, 4) is 0 Å². The van der Waals surface area contributed by atoms with Crippen molar-refractivity contribution >= 4 is 17.3 Å². The lowest BCUT2D eigenvalue weighted by Crippen LogP contribution is -2.17. The van der Waals surface area contributed by atoms with E-state index >= 15 is 0 Å². The van der Waals surface area contributed by atoms with Crippen LogP contribution in [0.5, 0.6) is 0 Å². The van der Waals surface area contributed by atoms with E-state index < -0.39 is 0 Å². The number of halogens is 1. The van der Waals surface area contributed by atoms with Gasteiger partial charge in [-0.25, -0.2) is 0 Å². The van der Waals surface area contributed by atoms with E-state index in [-0.39, 0.29) is 5.41 Å². The van der Waals surface area contributed by atoms with Crippen molar-refractivity contribution in [1.29, 1.82) is 0 Å². The predicted molar refractivity (Wildman–Crippen MR) is 50.2 cm³/mol. The van der Waals surface area contributed by atoms with Gasteiger partial charge in [0.05, 0.1) is 22.6 Å². The Balaban J connectivity index is 3.26. The summed E-state index contributed by atoms with van der Waals surface area (Å²) in [7, 11) is 0. The van der Waals surface area contributed by atoms with Crippen LogP contribution in [0.4, 0.5) is 5.69 Å². The summed E-state index contributed by atoms with van der Waals surface area (Å²) in [5, 5.41) is 8.17. The lowest BCUT2D eigenvalue weighted by atomic mass is 9.91. The van der Waals surface area contributed by atoms with Crippen molar-refractivity contribution in [2.45, 2.75) is 26.2 Å². The molecule has 0 spiro atoms. The van der Waals surface area contributed by atoms with Gasteiger partial charge in [-0.1, -0.05) is 32.4 Å². The fraction of sp³-hybridized carbons (Fsp3) is 0.500. The Bertz CT molecular complexity index is 291. The highest BCUT2D eigenvalue weighted by molar-refractivity contribution is 6.33. The lowest BCUT2D eigenvalue weighted by molar-refractivity contribution is 0.561. The van der Waals surface area contributed by atoms with E-state index in [0.717, 1.165) is 5.69 Å². The first-order valence-corrected chi connectivity index (χ1v) is 4.08. The average Bonchev–Trinajstić information content (AvgIpc) is 1.92. The van der Waals surface area contributed by atoms with Gasteiger partial charge in [-0.05, 0) is 0 Å². The van der Waals surface area contributed by atoms with Crippen LogP contribution in [0.15, 0.2) is 6.20 Å². The molecule has 0 amide bonds. The zero-order valence-corrected chi connectivity index (χ0v) is 8.18. The quantitative estimate of drug-likeness (QED) is 0.673. The lowest BCUT2D eigenvalue weighted by Gasteiger charge is -2.18. The summed E-state index contributed by atoms with van der Waals surface area (Å²) >= 11 is 5.79. The van der Waals surface area contributed by atoms with Gasteiger partial charge in [0.25, 0.3) is 0 Å². The maximum Gasteiger partial charge on any atom is 0.0928 e. The largest absolute Gasteiger partial charge is 0.396 e. The van der Waals surface area contributed by atoms with Crippen molar-refractivity contribution in [2.75, 3.05) is 5.73 Å². The Labute approximate surface area is 76.9 Å². The van der Waals surface area contributed by atoms with Crippen LogP contribution in [-0.4, -0.2) is 10.2 Å². The van der Waals surface area contributed by atoms with Crippen molar-refractivity contribution < 1.29 is 0 Å². The van der Waals surface area contributed by atoms with E-state index in [0.29, 0.717) is 10.7 Å². The van der Waals surface area contributed by atoms with Crippen LogP contribution in [0.2, 0.25) is 5.02 Å². The monoisotopic (exact) mass is 185 g/mol. The maximum atomic E-state index is 5.79. The van der Waals surface area contributed by atoms with Crippen molar-refractivity contribution in [2.24, 2.45) is 0 Å². The molecule has 2 N–H and O–H groups in total. The van der Waals surface area contributed by atoms with Gasteiger partial charge in [0.1, 0.15) is 0 Å². The zero-order valence-electron chi connectivity index (χ0n) is 7.43. The first-order valence-electron chi connectivity index (χ1n) is 3.70. The van der Waals surface area contributed by atoms with Gasteiger partial charge < -0.3 is 5.73 Å². The zero-order chi connectivity index (χ0) is 9.35. The molecule has 0 fully saturated rings. The molecule has 0 bridgehead atoms. The molecule has 0 radical (unpaired) electrons. The molecule has 0 atom stereocenters. The van der Waals surface area contributed by atoms with Crippen LogP contribution in [0.1, 0.15) is 26.5 Å². The van der Waals surface area contributed by atoms with Crippen LogP contribution in [0.25, 0.3) is 0 Å². The molecule has 12 heavy (non-hydrogen) atoms. The van der Waals surface area contributed by atoms with Gasteiger partial charge in [0.15, 0.2) is 0 Å². The third-order valence-corrected chi connectivity index (χ3v) is 1.85. The van der Waals surface area contributed by atoms with Crippen LogP contribution >= 0.6 is 11.6 Å². The van der Waals surface area contributed by atoms with Gasteiger partial charge >= 0.3 is 0 Å². The first kappa shape index (κ1) is 9.26. The second-order valence-electron chi connectivity index (χ2n) is 3.70. The number of aromatic nitrogens is 2. The molecule has 0 aliphatic carbocycles. The Kier molecular flexibility index (Phi) is 2.24. The fourth-order valence-electron chi connectivity index (χ4n) is 0.928. The molecule has 0 saturated carbocycles. The van der Waals surface area contributed by atoms with Crippen LogP contribution in [0, 0.1) is 0 Å².